The topological polar surface area (TPSA) is 59.5 Å². The second-order valence-corrected chi connectivity index (χ2v) is 7.44. The highest BCUT2D eigenvalue weighted by Gasteiger charge is 2.29. The number of carbonyl (C=O) groups is 2. The second kappa shape index (κ2) is 7.13. The van der Waals surface area contributed by atoms with Crippen LogP contribution in [-0.4, -0.2) is 34.4 Å². The molecule has 0 saturated carbocycles. The molecule has 0 saturated heterocycles. The maximum Gasteiger partial charge on any atom is 0.357 e. The number of benzene rings is 1. The summed E-state index contributed by atoms with van der Waals surface area (Å²) in [4.78, 5) is 30.6. The van der Waals surface area contributed by atoms with E-state index in [4.69, 9.17) is 0 Å². The van der Waals surface area contributed by atoms with Crippen LogP contribution >= 0.6 is 11.3 Å². The van der Waals surface area contributed by atoms with Gasteiger partial charge in [0.15, 0.2) is 5.69 Å². The third kappa shape index (κ3) is 4.00. The molecule has 128 valence electrons. The molecule has 1 amide bonds. The standard InChI is InChI=1S/C18H22N2O3S/c1-12-8-6-7-9-13(12)16(21)20(18(2,3)4)10-15-19-14(11-24-15)17(22)23-5/h6-9,11H,10H2,1-5H3. The Kier molecular flexibility index (Phi) is 5.39. The summed E-state index contributed by atoms with van der Waals surface area (Å²) in [5.74, 6) is -0.513. The molecule has 0 aliphatic rings. The van der Waals surface area contributed by atoms with Crippen LogP contribution in [-0.2, 0) is 11.3 Å². The molecule has 2 aromatic rings. The molecule has 1 aromatic heterocycles. The zero-order chi connectivity index (χ0) is 17.9. The molecule has 0 aliphatic carbocycles. The van der Waals surface area contributed by atoms with Crippen molar-refractivity contribution in [2.75, 3.05) is 7.11 Å². The average Bonchev–Trinajstić information content (AvgIpc) is 2.99. The van der Waals surface area contributed by atoms with E-state index in [1.54, 1.807) is 10.3 Å². The molecule has 6 heteroatoms. The molecule has 1 aromatic carbocycles. The van der Waals surface area contributed by atoms with Crippen molar-refractivity contribution in [1.82, 2.24) is 9.88 Å². The average molecular weight is 346 g/mol. The number of thiazole rings is 1. The first-order valence-corrected chi connectivity index (χ1v) is 8.52. The fourth-order valence-electron chi connectivity index (χ4n) is 2.29. The smallest absolute Gasteiger partial charge is 0.357 e. The number of rotatable bonds is 4. The van der Waals surface area contributed by atoms with Crippen LogP contribution in [0.1, 0.15) is 52.2 Å². The van der Waals surface area contributed by atoms with Gasteiger partial charge in [0.25, 0.3) is 5.91 Å². The monoisotopic (exact) mass is 346 g/mol. The van der Waals surface area contributed by atoms with Crippen molar-refractivity contribution < 1.29 is 14.3 Å². The molecule has 0 spiro atoms. The van der Waals surface area contributed by atoms with Crippen molar-refractivity contribution in [1.29, 1.82) is 0 Å². The van der Waals surface area contributed by atoms with Crippen molar-refractivity contribution in [3.63, 3.8) is 0 Å². The van der Waals surface area contributed by atoms with Gasteiger partial charge in [-0.15, -0.1) is 11.3 Å². The number of aromatic nitrogens is 1. The summed E-state index contributed by atoms with van der Waals surface area (Å²) in [7, 11) is 1.32. The molecule has 0 aliphatic heterocycles. The van der Waals surface area contributed by atoms with Gasteiger partial charge < -0.3 is 9.64 Å². The predicted molar refractivity (Wildman–Crippen MR) is 94.3 cm³/mol. The van der Waals surface area contributed by atoms with Crippen molar-refractivity contribution in [3.05, 3.63) is 51.5 Å². The lowest BCUT2D eigenvalue weighted by Crippen LogP contribution is -2.45. The van der Waals surface area contributed by atoms with E-state index in [0.29, 0.717) is 17.1 Å². The third-order valence-electron chi connectivity index (χ3n) is 3.67. The van der Waals surface area contributed by atoms with E-state index in [9.17, 15) is 9.59 Å². The van der Waals surface area contributed by atoms with E-state index in [0.717, 1.165) is 5.56 Å². The molecule has 0 bridgehead atoms. The fourth-order valence-corrected chi connectivity index (χ4v) is 3.04. The van der Waals surface area contributed by atoms with E-state index in [-0.39, 0.29) is 17.1 Å². The van der Waals surface area contributed by atoms with Crippen molar-refractivity contribution >= 4 is 23.2 Å². The van der Waals surface area contributed by atoms with Gasteiger partial charge in [0.05, 0.1) is 13.7 Å². The Balaban J connectivity index is 2.30. The Morgan fingerprint density at radius 3 is 2.50 bits per heavy atom. The molecule has 0 unspecified atom stereocenters. The number of hydrogen-bond donors (Lipinski definition) is 0. The highest BCUT2D eigenvalue weighted by molar-refractivity contribution is 7.09. The maximum atomic E-state index is 13.0. The van der Waals surface area contributed by atoms with Gasteiger partial charge in [-0.05, 0) is 39.3 Å². The molecule has 1 heterocycles. The SMILES string of the molecule is COC(=O)c1csc(CN(C(=O)c2ccccc2C)C(C)(C)C)n1. The number of carbonyl (C=O) groups excluding carboxylic acids is 2. The maximum absolute atomic E-state index is 13.0. The summed E-state index contributed by atoms with van der Waals surface area (Å²) >= 11 is 1.35. The lowest BCUT2D eigenvalue weighted by atomic mass is 10.0. The summed E-state index contributed by atoms with van der Waals surface area (Å²) < 4.78 is 4.68. The van der Waals surface area contributed by atoms with Crippen LogP contribution in [0, 0.1) is 6.92 Å². The Morgan fingerprint density at radius 2 is 1.92 bits per heavy atom. The number of hydrogen-bond acceptors (Lipinski definition) is 5. The highest BCUT2D eigenvalue weighted by Crippen LogP contribution is 2.23. The van der Waals surface area contributed by atoms with E-state index >= 15 is 0 Å². The molecule has 0 fully saturated rings. The van der Waals surface area contributed by atoms with Gasteiger partial charge in [-0.3, -0.25) is 4.79 Å². The van der Waals surface area contributed by atoms with Crippen LogP contribution in [0.3, 0.4) is 0 Å². The van der Waals surface area contributed by atoms with Gasteiger partial charge in [-0.2, -0.15) is 0 Å². The number of nitrogens with zero attached hydrogens (tertiary/aromatic N) is 2. The van der Waals surface area contributed by atoms with Crippen LogP contribution in [0.5, 0.6) is 0 Å². The van der Waals surface area contributed by atoms with E-state index in [1.807, 2.05) is 52.0 Å². The molecule has 0 radical (unpaired) electrons. The van der Waals surface area contributed by atoms with Crippen LogP contribution in [0.25, 0.3) is 0 Å². The fraction of sp³-hybridized carbons (Fsp3) is 0.389. The normalized spacial score (nSPS) is 11.2. The first kappa shape index (κ1) is 18.1. The number of aryl methyl sites for hydroxylation is 1. The summed E-state index contributed by atoms with van der Waals surface area (Å²) in [6.07, 6.45) is 0. The van der Waals surface area contributed by atoms with Crippen LogP contribution < -0.4 is 0 Å². The van der Waals surface area contributed by atoms with Gasteiger partial charge in [0.1, 0.15) is 5.01 Å². The lowest BCUT2D eigenvalue weighted by molar-refractivity contribution is 0.0558. The summed E-state index contributed by atoms with van der Waals surface area (Å²) in [5.41, 5.74) is 1.51. The summed E-state index contributed by atoms with van der Waals surface area (Å²) in [6, 6.07) is 7.53. The summed E-state index contributed by atoms with van der Waals surface area (Å²) in [5, 5.41) is 2.35. The van der Waals surface area contributed by atoms with E-state index in [1.165, 1.54) is 18.4 Å². The summed E-state index contributed by atoms with van der Waals surface area (Å²) in [6.45, 7) is 8.22. The second-order valence-electron chi connectivity index (χ2n) is 6.50. The quantitative estimate of drug-likeness (QED) is 0.793. The van der Waals surface area contributed by atoms with Gasteiger partial charge in [0.2, 0.25) is 0 Å². The van der Waals surface area contributed by atoms with Crippen molar-refractivity contribution in [2.45, 2.75) is 39.8 Å². The number of ether oxygens (including phenoxy) is 1. The molecular weight excluding hydrogens is 324 g/mol. The first-order chi connectivity index (χ1) is 11.2. The first-order valence-electron chi connectivity index (χ1n) is 7.64. The van der Waals surface area contributed by atoms with Crippen LogP contribution in [0.2, 0.25) is 0 Å². The molecule has 24 heavy (non-hydrogen) atoms. The molecule has 5 nitrogen and oxygen atoms in total. The van der Waals surface area contributed by atoms with Crippen molar-refractivity contribution in [3.8, 4) is 0 Å². The Bertz CT molecular complexity index is 747. The number of methoxy groups -OCH3 is 1. The molecule has 2 rings (SSSR count). The lowest BCUT2D eigenvalue weighted by Gasteiger charge is -2.35. The predicted octanol–water partition coefficient (Wildman–Crippen LogP) is 3.68. The third-order valence-corrected chi connectivity index (χ3v) is 4.50. The molecule has 0 atom stereocenters. The zero-order valence-corrected chi connectivity index (χ0v) is 15.4. The Labute approximate surface area is 146 Å². The minimum absolute atomic E-state index is 0.0459. The highest BCUT2D eigenvalue weighted by atomic mass is 32.1. The van der Waals surface area contributed by atoms with Gasteiger partial charge in [-0.25, -0.2) is 9.78 Å². The van der Waals surface area contributed by atoms with Crippen LogP contribution in [0.4, 0.5) is 0 Å². The van der Waals surface area contributed by atoms with Gasteiger partial charge >= 0.3 is 5.97 Å². The van der Waals surface area contributed by atoms with Gasteiger partial charge in [-0.1, -0.05) is 18.2 Å². The largest absolute Gasteiger partial charge is 0.464 e. The van der Waals surface area contributed by atoms with E-state index in [2.05, 4.69) is 9.72 Å². The Hall–Kier alpha value is -2.21. The van der Waals surface area contributed by atoms with Crippen LogP contribution in [0.15, 0.2) is 29.6 Å². The molecule has 0 N–H and O–H groups in total. The molecular formula is C18H22N2O3S. The number of esters is 1. The zero-order valence-electron chi connectivity index (χ0n) is 14.6. The minimum atomic E-state index is -0.468. The number of amides is 1. The van der Waals surface area contributed by atoms with Gasteiger partial charge in [0, 0.05) is 16.5 Å². The van der Waals surface area contributed by atoms with E-state index < -0.39 is 5.97 Å². The Morgan fingerprint density at radius 1 is 1.25 bits per heavy atom. The van der Waals surface area contributed by atoms with Crippen molar-refractivity contribution in [2.24, 2.45) is 0 Å². The minimum Gasteiger partial charge on any atom is -0.464 e.